The summed E-state index contributed by atoms with van der Waals surface area (Å²) in [5.41, 5.74) is 3.47. The van der Waals surface area contributed by atoms with E-state index in [0.717, 1.165) is 16.8 Å². The number of para-hydroxylation sites is 1. The Bertz CT molecular complexity index is 1000. The van der Waals surface area contributed by atoms with Gasteiger partial charge in [0.05, 0.1) is 13.7 Å². The second-order valence-electron chi connectivity index (χ2n) is 8.98. The zero-order chi connectivity index (χ0) is 22.3. The second kappa shape index (κ2) is 10.7. The molecule has 0 aliphatic heterocycles. The number of hydrogen-bond acceptors (Lipinski definition) is 3. The Kier molecular flexibility index (Phi) is 7.48. The van der Waals surface area contributed by atoms with E-state index in [4.69, 9.17) is 4.74 Å². The van der Waals surface area contributed by atoms with E-state index in [1.807, 2.05) is 18.2 Å². The first kappa shape index (κ1) is 22.4. The van der Waals surface area contributed by atoms with Crippen LogP contribution in [0.4, 0.5) is 0 Å². The Hall–Kier alpha value is -2.79. The Morgan fingerprint density at radius 2 is 1.81 bits per heavy atom. The Balaban J connectivity index is 1.48. The first-order valence-corrected chi connectivity index (χ1v) is 11.8. The molecule has 0 spiro atoms. The maximum atomic E-state index is 12.9. The Morgan fingerprint density at radius 1 is 1.09 bits per heavy atom. The van der Waals surface area contributed by atoms with Crippen molar-refractivity contribution in [3.8, 4) is 5.75 Å². The van der Waals surface area contributed by atoms with E-state index >= 15 is 0 Å². The average molecular weight is 434 g/mol. The zero-order valence-corrected chi connectivity index (χ0v) is 19.3. The summed E-state index contributed by atoms with van der Waals surface area (Å²) in [6, 6.07) is 17.0. The molecule has 0 bridgehead atoms. The number of carbonyl (C=O) groups excluding carboxylic acids is 1. The SMILES string of the molecule is COc1ccc(C(CNC(=O)CN(C)C2CCCCCC2)c2c[nH]c3ccccc23)cc1. The van der Waals surface area contributed by atoms with Crippen LogP contribution in [0.15, 0.2) is 54.7 Å². The van der Waals surface area contributed by atoms with Crippen molar-refractivity contribution in [2.75, 3.05) is 27.2 Å². The van der Waals surface area contributed by atoms with Crippen molar-refractivity contribution in [1.29, 1.82) is 0 Å². The summed E-state index contributed by atoms with van der Waals surface area (Å²) in [5.74, 6) is 0.986. The van der Waals surface area contributed by atoms with Crippen molar-refractivity contribution in [1.82, 2.24) is 15.2 Å². The number of hydrogen-bond donors (Lipinski definition) is 2. The lowest BCUT2D eigenvalue weighted by atomic mass is 9.90. The molecule has 1 atom stereocenters. The Morgan fingerprint density at radius 3 is 2.53 bits per heavy atom. The minimum absolute atomic E-state index is 0.0594. The molecule has 32 heavy (non-hydrogen) atoms. The number of benzene rings is 2. The molecule has 1 aliphatic carbocycles. The van der Waals surface area contributed by atoms with Crippen molar-refractivity contribution in [2.45, 2.75) is 50.5 Å². The van der Waals surface area contributed by atoms with E-state index in [2.05, 4.69) is 58.8 Å². The molecule has 1 unspecified atom stereocenters. The van der Waals surface area contributed by atoms with Crippen molar-refractivity contribution in [3.63, 3.8) is 0 Å². The van der Waals surface area contributed by atoms with Gasteiger partial charge in [-0.3, -0.25) is 9.69 Å². The third-order valence-corrected chi connectivity index (χ3v) is 6.86. The summed E-state index contributed by atoms with van der Waals surface area (Å²) in [4.78, 5) is 18.5. The lowest BCUT2D eigenvalue weighted by Gasteiger charge is -2.27. The molecule has 1 amide bonds. The molecule has 170 valence electrons. The van der Waals surface area contributed by atoms with Crippen molar-refractivity contribution in [2.24, 2.45) is 0 Å². The predicted octanol–water partition coefficient (Wildman–Crippen LogP) is 5.08. The first-order chi connectivity index (χ1) is 15.7. The summed E-state index contributed by atoms with van der Waals surface area (Å²) in [6.07, 6.45) is 9.67. The summed E-state index contributed by atoms with van der Waals surface area (Å²) < 4.78 is 5.34. The van der Waals surface area contributed by atoms with Gasteiger partial charge in [0.25, 0.3) is 0 Å². The van der Waals surface area contributed by atoms with Gasteiger partial charge in [-0.25, -0.2) is 0 Å². The van der Waals surface area contributed by atoms with Crippen LogP contribution in [0.2, 0.25) is 0 Å². The van der Waals surface area contributed by atoms with Crippen LogP contribution in [0.1, 0.15) is 55.6 Å². The minimum Gasteiger partial charge on any atom is -0.497 e. The van der Waals surface area contributed by atoms with Crippen molar-refractivity contribution >= 4 is 16.8 Å². The number of aromatic amines is 1. The largest absolute Gasteiger partial charge is 0.497 e. The summed E-state index contributed by atoms with van der Waals surface area (Å²) in [5, 5.41) is 4.42. The number of aromatic nitrogens is 1. The number of fused-ring (bicyclic) bond motifs is 1. The van der Waals surface area contributed by atoms with Gasteiger partial charge >= 0.3 is 0 Å². The van der Waals surface area contributed by atoms with E-state index < -0.39 is 0 Å². The first-order valence-electron chi connectivity index (χ1n) is 11.8. The number of nitrogens with zero attached hydrogens (tertiary/aromatic N) is 1. The predicted molar refractivity (Wildman–Crippen MR) is 130 cm³/mol. The highest BCUT2D eigenvalue weighted by atomic mass is 16.5. The summed E-state index contributed by atoms with van der Waals surface area (Å²) >= 11 is 0. The van der Waals surface area contributed by atoms with Gasteiger partial charge < -0.3 is 15.0 Å². The number of likely N-dealkylation sites (N-methyl/N-ethyl adjacent to an activating group) is 1. The second-order valence-corrected chi connectivity index (χ2v) is 8.98. The molecule has 1 fully saturated rings. The molecule has 5 heteroatoms. The van der Waals surface area contributed by atoms with Gasteiger partial charge in [0, 0.05) is 35.6 Å². The molecule has 2 aromatic carbocycles. The highest BCUT2D eigenvalue weighted by Crippen LogP contribution is 2.31. The molecule has 3 aromatic rings. The maximum absolute atomic E-state index is 12.9. The number of ether oxygens (including phenoxy) is 1. The van der Waals surface area contributed by atoms with Gasteiger partial charge in [0.15, 0.2) is 0 Å². The van der Waals surface area contributed by atoms with Crippen LogP contribution in [0.3, 0.4) is 0 Å². The number of nitrogens with one attached hydrogen (secondary N) is 2. The van der Waals surface area contributed by atoms with Crippen LogP contribution in [0, 0.1) is 0 Å². The molecular formula is C27H35N3O2. The van der Waals surface area contributed by atoms with Gasteiger partial charge in [0.2, 0.25) is 5.91 Å². The molecule has 0 radical (unpaired) electrons. The fourth-order valence-electron chi connectivity index (χ4n) is 4.95. The van der Waals surface area contributed by atoms with Crippen molar-refractivity contribution < 1.29 is 9.53 Å². The lowest BCUT2D eigenvalue weighted by Crippen LogP contribution is -2.41. The molecule has 0 saturated heterocycles. The average Bonchev–Trinajstić information content (AvgIpc) is 3.04. The van der Waals surface area contributed by atoms with E-state index in [1.54, 1.807) is 7.11 Å². The van der Waals surface area contributed by atoms with Gasteiger partial charge in [-0.2, -0.15) is 0 Å². The topological polar surface area (TPSA) is 57.4 Å². The fourth-order valence-corrected chi connectivity index (χ4v) is 4.95. The molecule has 1 aliphatic rings. The summed E-state index contributed by atoms with van der Waals surface area (Å²) in [6.45, 7) is 1.01. The van der Waals surface area contributed by atoms with Crippen LogP contribution < -0.4 is 10.1 Å². The van der Waals surface area contributed by atoms with Gasteiger partial charge in [-0.05, 0) is 49.2 Å². The standard InChI is InChI=1S/C27H35N3O2/c1-30(21-9-5-3-4-6-10-21)19-27(31)29-17-24(20-13-15-22(32-2)16-14-20)25-18-28-26-12-8-7-11-23(25)26/h7-8,11-16,18,21,24,28H,3-6,9-10,17,19H2,1-2H3,(H,29,31). The number of methoxy groups -OCH3 is 1. The molecule has 1 heterocycles. The maximum Gasteiger partial charge on any atom is 0.234 e. The van der Waals surface area contributed by atoms with Gasteiger partial charge in [-0.1, -0.05) is 56.0 Å². The van der Waals surface area contributed by atoms with E-state index in [1.165, 1.54) is 49.5 Å². The minimum atomic E-state index is 0.0594. The summed E-state index contributed by atoms with van der Waals surface area (Å²) in [7, 11) is 3.77. The van der Waals surface area contributed by atoms with Crippen LogP contribution in [-0.4, -0.2) is 49.1 Å². The van der Waals surface area contributed by atoms with Gasteiger partial charge in [0.1, 0.15) is 5.75 Å². The molecule has 2 N–H and O–H groups in total. The number of rotatable bonds is 8. The van der Waals surface area contributed by atoms with Crippen molar-refractivity contribution in [3.05, 3.63) is 65.9 Å². The highest BCUT2D eigenvalue weighted by Gasteiger charge is 2.22. The van der Waals surface area contributed by atoms with E-state index in [9.17, 15) is 4.79 Å². The third kappa shape index (κ3) is 5.33. The molecule has 1 saturated carbocycles. The van der Waals surface area contributed by atoms with E-state index in [0.29, 0.717) is 19.1 Å². The fraction of sp³-hybridized carbons (Fsp3) is 0.444. The van der Waals surface area contributed by atoms with Gasteiger partial charge in [-0.15, -0.1) is 0 Å². The molecule has 4 rings (SSSR count). The van der Waals surface area contributed by atoms with Crippen LogP contribution in [-0.2, 0) is 4.79 Å². The number of H-pyrrole nitrogens is 1. The smallest absolute Gasteiger partial charge is 0.234 e. The Labute approximate surface area is 191 Å². The lowest BCUT2D eigenvalue weighted by molar-refractivity contribution is -0.122. The van der Waals surface area contributed by atoms with Crippen LogP contribution >= 0.6 is 0 Å². The molecule has 5 nitrogen and oxygen atoms in total. The van der Waals surface area contributed by atoms with Crippen LogP contribution in [0.25, 0.3) is 10.9 Å². The quantitative estimate of drug-likeness (QED) is 0.487. The normalized spacial score (nSPS) is 16.1. The monoisotopic (exact) mass is 433 g/mol. The highest BCUT2D eigenvalue weighted by molar-refractivity contribution is 5.84. The third-order valence-electron chi connectivity index (χ3n) is 6.86. The molecular weight excluding hydrogens is 398 g/mol. The number of amides is 1. The molecule has 1 aromatic heterocycles. The van der Waals surface area contributed by atoms with Crippen LogP contribution in [0.5, 0.6) is 5.75 Å². The zero-order valence-electron chi connectivity index (χ0n) is 19.3. The number of carbonyl (C=O) groups is 1. The van der Waals surface area contributed by atoms with E-state index in [-0.39, 0.29) is 11.8 Å².